The average Bonchev–Trinajstić information content (AvgIpc) is 2.17. The second-order valence-corrected chi connectivity index (χ2v) is 2.54. The highest BCUT2D eigenvalue weighted by molar-refractivity contribution is 4.76. The van der Waals surface area contributed by atoms with Crippen LogP contribution in [0.3, 0.4) is 0 Å². The summed E-state index contributed by atoms with van der Waals surface area (Å²) in [6, 6.07) is 0.288. The van der Waals surface area contributed by atoms with Gasteiger partial charge >= 0.3 is 0 Å². The minimum atomic E-state index is -0.243. The van der Waals surface area contributed by atoms with E-state index >= 15 is 0 Å². The topological polar surface area (TPSA) is 29.3 Å². The molecular weight excluding hydrogens is 119 g/mol. The molecule has 1 atom stereocenters. The Kier molecular flexibility index (Phi) is 2.42. The molecule has 54 valence electrons. The number of hydrogen-bond donors (Lipinski definition) is 1. The van der Waals surface area contributed by atoms with Gasteiger partial charge in [-0.1, -0.05) is 0 Å². The lowest BCUT2D eigenvalue weighted by atomic mass is 10.3. The Bertz CT molecular complexity index is 85.1. The fourth-order valence-corrected chi connectivity index (χ4v) is 1.19. The highest BCUT2D eigenvalue weighted by Crippen LogP contribution is 2.05. The van der Waals surface area contributed by atoms with Gasteiger partial charge in [0.2, 0.25) is 0 Å². The summed E-state index contributed by atoms with van der Waals surface area (Å²) in [7, 11) is 0. The summed E-state index contributed by atoms with van der Waals surface area (Å²) >= 11 is 0. The highest BCUT2D eigenvalue weighted by Gasteiger charge is 2.17. The maximum absolute atomic E-state index is 11.7. The molecule has 1 saturated heterocycles. The Hall–Kier alpha value is -0.150. The molecule has 2 nitrogen and oxygen atoms in total. The fraction of sp³-hybridized carbons (Fsp3) is 1.00. The maximum Gasteiger partial charge on any atom is 0.102 e. The fourth-order valence-electron chi connectivity index (χ4n) is 1.19. The largest absolute Gasteiger partial charge is 0.326 e. The molecule has 3 heteroatoms. The first-order chi connectivity index (χ1) is 4.33. The molecule has 0 amide bonds. The first kappa shape index (κ1) is 6.96. The smallest absolute Gasteiger partial charge is 0.102 e. The lowest BCUT2D eigenvalue weighted by molar-refractivity contribution is 0.294. The maximum atomic E-state index is 11.7. The molecule has 0 aromatic heterocycles. The molecule has 0 bridgehead atoms. The zero-order valence-corrected chi connectivity index (χ0v) is 5.52. The summed E-state index contributed by atoms with van der Waals surface area (Å²) in [6.07, 6.45) is 1.03. The number of rotatable bonds is 2. The van der Waals surface area contributed by atoms with Crippen molar-refractivity contribution in [1.29, 1.82) is 0 Å². The van der Waals surface area contributed by atoms with Gasteiger partial charge in [-0.15, -0.1) is 0 Å². The van der Waals surface area contributed by atoms with Gasteiger partial charge in [0.1, 0.15) is 6.67 Å². The quantitative estimate of drug-likeness (QED) is 0.572. The Morgan fingerprint density at radius 2 is 2.44 bits per heavy atom. The minimum absolute atomic E-state index is 0.243. The molecule has 0 aromatic rings. The molecule has 0 radical (unpaired) electrons. The van der Waals surface area contributed by atoms with Crippen molar-refractivity contribution in [3.8, 4) is 0 Å². The van der Waals surface area contributed by atoms with E-state index < -0.39 is 0 Å². The number of nitrogens with zero attached hydrogens (tertiary/aromatic N) is 1. The lowest BCUT2D eigenvalue weighted by Crippen LogP contribution is -2.27. The predicted octanol–water partition coefficient (Wildman–Crippen LogP) is -0.0111. The molecule has 0 aromatic carbocycles. The average molecular weight is 132 g/mol. The van der Waals surface area contributed by atoms with E-state index in [2.05, 4.69) is 4.90 Å². The standard InChI is InChI=1S/C6H13FN2/c7-2-4-9-3-1-6(8)5-9/h6H,1-5,8H2/t6-/m1/s1. The number of alkyl halides is 1. The zero-order chi connectivity index (χ0) is 6.69. The lowest BCUT2D eigenvalue weighted by Gasteiger charge is -2.10. The van der Waals surface area contributed by atoms with Crippen LogP contribution < -0.4 is 5.73 Å². The molecule has 0 unspecified atom stereocenters. The van der Waals surface area contributed by atoms with Crippen LogP contribution in [0, 0.1) is 0 Å². The molecule has 1 aliphatic rings. The molecule has 2 N–H and O–H groups in total. The van der Waals surface area contributed by atoms with Crippen LogP contribution in [0.15, 0.2) is 0 Å². The van der Waals surface area contributed by atoms with E-state index in [-0.39, 0.29) is 12.7 Å². The molecule has 1 aliphatic heterocycles. The van der Waals surface area contributed by atoms with Crippen molar-refractivity contribution in [1.82, 2.24) is 4.90 Å². The van der Waals surface area contributed by atoms with Gasteiger partial charge in [-0.3, -0.25) is 4.90 Å². The van der Waals surface area contributed by atoms with Crippen molar-refractivity contribution in [2.75, 3.05) is 26.3 Å². The molecule has 1 rings (SSSR count). The van der Waals surface area contributed by atoms with Crippen molar-refractivity contribution in [3.63, 3.8) is 0 Å². The number of likely N-dealkylation sites (tertiary alicyclic amines) is 1. The van der Waals surface area contributed by atoms with Gasteiger partial charge in [0, 0.05) is 19.1 Å². The van der Waals surface area contributed by atoms with Crippen molar-refractivity contribution < 1.29 is 4.39 Å². The Balaban J connectivity index is 2.14. The second-order valence-electron chi connectivity index (χ2n) is 2.54. The highest BCUT2D eigenvalue weighted by atomic mass is 19.1. The van der Waals surface area contributed by atoms with E-state index in [1.807, 2.05) is 0 Å². The Labute approximate surface area is 54.8 Å². The first-order valence-electron chi connectivity index (χ1n) is 3.37. The SMILES string of the molecule is N[C@@H]1CCN(CCF)C1. The van der Waals surface area contributed by atoms with Crippen molar-refractivity contribution in [2.24, 2.45) is 5.73 Å². The molecule has 0 aliphatic carbocycles. The third-order valence-corrected chi connectivity index (χ3v) is 1.71. The van der Waals surface area contributed by atoms with Crippen LogP contribution in [-0.4, -0.2) is 37.3 Å². The summed E-state index contributed by atoms with van der Waals surface area (Å²) in [4.78, 5) is 2.06. The molecule has 9 heavy (non-hydrogen) atoms. The van der Waals surface area contributed by atoms with Crippen LogP contribution in [0.5, 0.6) is 0 Å². The van der Waals surface area contributed by atoms with Crippen LogP contribution in [-0.2, 0) is 0 Å². The van der Waals surface area contributed by atoms with E-state index in [1.54, 1.807) is 0 Å². The van der Waals surface area contributed by atoms with Gasteiger partial charge in [0.05, 0.1) is 0 Å². The second kappa shape index (κ2) is 3.13. The van der Waals surface area contributed by atoms with Crippen LogP contribution in [0.1, 0.15) is 6.42 Å². The molecule has 0 saturated carbocycles. The normalized spacial score (nSPS) is 29.3. The van der Waals surface area contributed by atoms with E-state index in [1.165, 1.54) is 0 Å². The molecule has 1 fully saturated rings. The molecule has 0 spiro atoms. The van der Waals surface area contributed by atoms with Gasteiger partial charge < -0.3 is 5.73 Å². The van der Waals surface area contributed by atoms with Gasteiger partial charge in [-0.25, -0.2) is 4.39 Å². The van der Waals surface area contributed by atoms with E-state index in [0.717, 1.165) is 19.5 Å². The van der Waals surface area contributed by atoms with Crippen molar-refractivity contribution in [2.45, 2.75) is 12.5 Å². The minimum Gasteiger partial charge on any atom is -0.326 e. The Morgan fingerprint density at radius 3 is 2.89 bits per heavy atom. The number of hydrogen-bond acceptors (Lipinski definition) is 2. The molecule has 1 heterocycles. The summed E-state index contributed by atoms with van der Waals surface area (Å²) < 4.78 is 11.7. The number of halogens is 1. The third-order valence-electron chi connectivity index (χ3n) is 1.71. The monoisotopic (exact) mass is 132 g/mol. The van der Waals surface area contributed by atoms with E-state index in [0.29, 0.717) is 6.54 Å². The molecular formula is C6H13FN2. The van der Waals surface area contributed by atoms with Crippen LogP contribution in [0.25, 0.3) is 0 Å². The van der Waals surface area contributed by atoms with Crippen molar-refractivity contribution >= 4 is 0 Å². The summed E-state index contributed by atoms with van der Waals surface area (Å²) in [5.41, 5.74) is 5.59. The van der Waals surface area contributed by atoms with Gasteiger partial charge in [0.25, 0.3) is 0 Å². The third kappa shape index (κ3) is 1.91. The van der Waals surface area contributed by atoms with Gasteiger partial charge in [0.15, 0.2) is 0 Å². The van der Waals surface area contributed by atoms with Crippen LogP contribution in [0.2, 0.25) is 0 Å². The summed E-state index contributed by atoms with van der Waals surface area (Å²) in [5.74, 6) is 0. The van der Waals surface area contributed by atoms with Gasteiger partial charge in [-0.2, -0.15) is 0 Å². The Morgan fingerprint density at radius 1 is 1.67 bits per heavy atom. The first-order valence-corrected chi connectivity index (χ1v) is 3.37. The summed E-state index contributed by atoms with van der Waals surface area (Å²) in [5, 5.41) is 0. The van der Waals surface area contributed by atoms with Gasteiger partial charge in [-0.05, 0) is 13.0 Å². The van der Waals surface area contributed by atoms with E-state index in [9.17, 15) is 4.39 Å². The van der Waals surface area contributed by atoms with Crippen LogP contribution in [0.4, 0.5) is 4.39 Å². The predicted molar refractivity (Wildman–Crippen MR) is 35.0 cm³/mol. The van der Waals surface area contributed by atoms with E-state index in [4.69, 9.17) is 5.73 Å². The number of nitrogens with two attached hydrogens (primary N) is 1. The zero-order valence-electron chi connectivity index (χ0n) is 5.52. The summed E-state index contributed by atoms with van der Waals surface area (Å²) in [6.45, 7) is 2.18. The van der Waals surface area contributed by atoms with Crippen LogP contribution >= 0.6 is 0 Å². The van der Waals surface area contributed by atoms with Crippen molar-refractivity contribution in [3.05, 3.63) is 0 Å².